The first-order valence-electron chi connectivity index (χ1n) is 10.4. The Morgan fingerprint density at radius 3 is 0.900 bits per heavy atom. The number of hydrogen-bond donors (Lipinski definition) is 0. The standard InChI is InChI=1S/C28H24S2/c1-5-21-13-25(9-1)26-10-2-6-22(14-26)19-30-20-24-8-4-12-28(16-24)27-11-3-7-23(15-27)18-29-17-21/h1-16H,17-20H2. The van der Waals surface area contributed by atoms with E-state index in [2.05, 4.69) is 97.1 Å². The molecule has 0 radical (unpaired) electrons. The summed E-state index contributed by atoms with van der Waals surface area (Å²) in [6.45, 7) is 0. The van der Waals surface area contributed by atoms with Gasteiger partial charge in [-0.2, -0.15) is 23.5 Å². The third kappa shape index (κ3) is 4.66. The fraction of sp³-hybridized carbons (Fsp3) is 0.143. The number of hydrogen-bond acceptors (Lipinski definition) is 2. The van der Waals surface area contributed by atoms with E-state index in [0.29, 0.717) is 0 Å². The van der Waals surface area contributed by atoms with Crippen LogP contribution >= 0.6 is 23.5 Å². The highest BCUT2D eigenvalue weighted by Crippen LogP contribution is 2.29. The largest absolute Gasteiger partial charge is 0.152 e. The molecular formula is C28H24S2. The highest BCUT2D eigenvalue weighted by Gasteiger charge is 2.06. The maximum Gasteiger partial charge on any atom is 0.0188 e. The summed E-state index contributed by atoms with van der Waals surface area (Å²) in [4.78, 5) is 0. The molecule has 0 nitrogen and oxygen atoms in total. The highest BCUT2D eigenvalue weighted by molar-refractivity contribution is 7.97. The van der Waals surface area contributed by atoms with Gasteiger partial charge in [-0.3, -0.25) is 0 Å². The molecule has 4 aromatic carbocycles. The van der Waals surface area contributed by atoms with Gasteiger partial charge < -0.3 is 0 Å². The molecule has 0 saturated carbocycles. The van der Waals surface area contributed by atoms with Crippen LogP contribution in [0, 0.1) is 0 Å². The number of fused-ring (bicyclic) bond motifs is 10. The van der Waals surface area contributed by atoms with Crippen LogP contribution in [-0.4, -0.2) is 0 Å². The summed E-state index contributed by atoms with van der Waals surface area (Å²) in [5.41, 5.74) is 10.8. The van der Waals surface area contributed by atoms with Crippen molar-refractivity contribution in [2.24, 2.45) is 0 Å². The van der Waals surface area contributed by atoms with E-state index in [-0.39, 0.29) is 0 Å². The summed E-state index contributed by atoms with van der Waals surface area (Å²) < 4.78 is 0. The molecule has 0 atom stereocenters. The molecule has 1 heterocycles. The topological polar surface area (TPSA) is 0 Å². The Balaban J connectivity index is 1.50. The zero-order valence-electron chi connectivity index (χ0n) is 16.9. The molecule has 0 aromatic heterocycles. The van der Waals surface area contributed by atoms with Gasteiger partial charge in [-0.25, -0.2) is 0 Å². The van der Waals surface area contributed by atoms with E-state index < -0.39 is 0 Å². The SMILES string of the molecule is c1cc2cc(c1)-c1cccc(c1)CSCc1cccc(c1)-c1cccc(c1)CSC2. The van der Waals surface area contributed by atoms with E-state index in [9.17, 15) is 0 Å². The van der Waals surface area contributed by atoms with Crippen molar-refractivity contribution in [1.82, 2.24) is 0 Å². The van der Waals surface area contributed by atoms with Gasteiger partial charge in [0.05, 0.1) is 0 Å². The lowest BCUT2D eigenvalue weighted by Crippen LogP contribution is -1.89. The van der Waals surface area contributed by atoms with Gasteiger partial charge in [-0.1, -0.05) is 97.1 Å². The van der Waals surface area contributed by atoms with Crippen LogP contribution in [0.4, 0.5) is 0 Å². The van der Waals surface area contributed by atoms with Crippen LogP contribution in [0.25, 0.3) is 22.3 Å². The molecule has 0 fully saturated rings. The van der Waals surface area contributed by atoms with Crippen LogP contribution in [0.15, 0.2) is 97.1 Å². The van der Waals surface area contributed by atoms with Crippen molar-refractivity contribution in [3.63, 3.8) is 0 Å². The van der Waals surface area contributed by atoms with E-state index in [4.69, 9.17) is 0 Å². The normalized spacial score (nSPS) is 13.9. The number of rotatable bonds is 0. The monoisotopic (exact) mass is 424 g/mol. The molecule has 0 N–H and O–H groups in total. The summed E-state index contributed by atoms with van der Waals surface area (Å²) in [5.74, 6) is 4.12. The van der Waals surface area contributed by atoms with Crippen molar-refractivity contribution in [2.75, 3.05) is 0 Å². The molecule has 5 rings (SSSR count). The smallest absolute Gasteiger partial charge is 0.0188 e. The Hall–Kier alpha value is -2.42. The van der Waals surface area contributed by atoms with Crippen LogP contribution in [0.3, 0.4) is 0 Å². The summed E-state index contributed by atoms with van der Waals surface area (Å²) >= 11 is 3.97. The molecule has 4 aromatic rings. The van der Waals surface area contributed by atoms with Crippen molar-refractivity contribution in [3.8, 4) is 22.3 Å². The fourth-order valence-electron chi connectivity index (χ4n) is 3.94. The molecule has 148 valence electrons. The second-order valence-electron chi connectivity index (χ2n) is 7.79. The molecule has 0 spiro atoms. The maximum atomic E-state index is 2.35. The maximum absolute atomic E-state index is 2.35. The van der Waals surface area contributed by atoms with Gasteiger partial charge in [-0.05, 0) is 44.5 Å². The summed E-state index contributed by atoms with van der Waals surface area (Å²) in [6, 6.07) is 36.1. The Morgan fingerprint density at radius 2 is 0.633 bits per heavy atom. The molecule has 30 heavy (non-hydrogen) atoms. The van der Waals surface area contributed by atoms with Crippen molar-refractivity contribution in [2.45, 2.75) is 23.0 Å². The van der Waals surface area contributed by atoms with E-state index in [1.165, 1.54) is 44.5 Å². The third-order valence-corrected chi connectivity index (χ3v) is 7.60. The lowest BCUT2D eigenvalue weighted by atomic mass is 10.0. The average molecular weight is 425 g/mol. The highest BCUT2D eigenvalue weighted by atomic mass is 32.2. The quantitative estimate of drug-likeness (QED) is 0.279. The van der Waals surface area contributed by atoms with Gasteiger partial charge >= 0.3 is 0 Å². The lowest BCUT2D eigenvalue weighted by Gasteiger charge is -2.11. The molecule has 1 aliphatic rings. The van der Waals surface area contributed by atoms with Gasteiger partial charge in [0.1, 0.15) is 0 Å². The van der Waals surface area contributed by atoms with Crippen LogP contribution in [-0.2, 0) is 23.0 Å². The first-order valence-corrected chi connectivity index (χ1v) is 12.7. The third-order valence-electron chi connectivity index (χ3n) is 5.45. The number of benzene rings is 4. The first-order chi connectivity index (χ1) is 14.8. The van der Waals surface area contributed by atoms with Crippen molar-refractivity contribution in [1.29, 1.82) is 0 Å². The molecule has 0 saturated heterocycles. The Kier molecular flexibility index (Phi) is 5.96. The Labute approximate surface area is 187 Å². The second-order valence-corrected chi connectivity index (χ2v) is 9.76. The Bertz CT molecular complexity index is 978. The van der Waals surface area contributed by atoms with Crippen LogP contribution in [0.1, 0.15) is 22.3 Å². The molecule has 1 aliphatic heterocycles. The van der Waals surface area contributed by atoms with Gasteiger partial charge in [-0.15, -0.1) is 0 Å². The van der Waals surface area contributed by atoms with Gasteiger partial charge in [0.15, 0.2) is 0 Å². The van der Waals surface area contributed by atoms with E-state index in [1.54, 1.807) is 0 Å². The minimum atomic E-state index is 1.03. The zero-order valence-corrected chi connectivity index (χ0v) is 18.5. The van der Waals surface area contributed by atoms with Gasteiger partial charge in [0.2, 0.25) is 0 Å². The lowest BCUT2D eigenvalue weighted by molar-refractivity contribution is 1.34. The zero-order chi connectivity index (χ0) is 20.2. The number of thioether (sulfide) groups is 2. The molecular weight excluding hydrogens is 400 g/mol. The summed E-state index contributed by atoms with van der Waals surface area (Å²) in [5, 5.41) is 0. The molecule has 0 aliphatic carbocycles. The van der Waals surface area contributed by atoms with Crippen LogP contribution in [0.2, 0.25) is 0 Å². The van der Waals surface area contributed by atoms with Crippen LogP contribution in [0.5, 0.6) is 0 Å². The molecule has 0 unspecified atom stereocenters. The second kappa shape index (κ2) is 9.16. The minimum absolute atomic E-state index is 1.03. The first kappa shape index (κ1) is 19.5. The minimum Gasteiger partial charge on any atom is -0.152 e. The fourth-order valence-corrected chi connectivity index (χ4v) is 5.80. The van der Waals surface area contributed by atoms with E-state index >= 15 is 0 Å². The predicted molar refractivity (Wildman–Crippen MR) is 134 cm³/mol. The van der Waals surface area contributed by atoms with Crippen molar-refractivity contribution < 1.29 is 0 Å². The Morgan fingerprint density at radius 1 is 0.367 bits per heavy atom. The molecule has 2 heteroatoms. The molecule has 0 amide bonds. The van der Waals surface area contributed by atoms with E-state index in [1.807, 2.05) is 23.5 Å². The van der Waals surface area contributed by atoms with Gasteiger partial charge in [0, 0.05) is 23.0 Å². The summed E-state index contributed by atoms with van der Waals surface area (Å²) in [7, 11) is 0. The van der Waals surface area contributed by atoms with Crippen LogP contribution < -0.4 is 0 Å². The van der Waals surface area contributed by atoms with Gasteiger partial charge in [0.25, 0.3) is 0 Å². The predicted octanol–water partition coefficient (Wildman–Crippen LogP) is 8.20. The van der Waals surface area contributed by atoms with E-state index in [0.717, 1.165) is 23.0 Å². The average Bonchev–Trinajstić information content (AvgIpc) is 2.80. The van der Waals surface area contributed by atoms with Crippen molar-refractivity contribution >= 4 is 23.5 Å². The molecule has 8 bridgehead atoms. The summed E-state index contributed by atoms with van der Waals surface area (Å²) in [6.07, 6.45) is 0. The van der Waals surface area contributed by atoms with Crippen molar-refractivity contribution in [3.05, 3.63) is 119 Å².